The maximum Gasteiger partial charge on any atom is 0.338 e. The minimum Gasteiger partial charge on any atom is -0.494 e. The Morgan fingerprint density at radius 1 is 1.47 bits per heavy atom. The Labute approximate surface area is 112 Å². The second kappa shape index (κ2) is 6.43. The van der Waals surface area contributed by atoms with Crippen LogP contribution in [-0.2, 0) is 9.47 Å². The van der Waals surface area contributed by atoms with Crippen molar-refractivity contribution in [3.63, 3.8) is 0 Å². The SMILES string of the molecule is CCOc1cc(N)cc(C(=O)OCC2CCCO2)c1. The van der Waals surface area contributed by atoms with E-state index < -0.39 is 5.97 Å². The molecule has 1 aliphatic heterocycles. The van der Waals surface area contributed by atoms with Gasteiger partial charge in [0.05, 0.1) is 18.3 Å². The van der Waals surface area contributed by atoms with Crippen LogP contribution in [0.1, 0.15) is 30.1 Å². The van der Waals surface area contributed by atoms with Gasteiger partial charge >= 0.3 is 5.97 Å². The minimum atomic E-state index is -0.399. The second-order valence-corrected chi connectivity index (χ2v) is 4.46. The summed E-state index contributed by atoms with van der Waals surface area (Å²) in [7, 11) is 0. The fraction of sp³-hybridized carbons (Fsp3) is 0.500. The zero-order valence-corrected chi connectivity index (χ0v) is 11.1. The number of benzene rings is 1. The molecule has 1 aliphatic rings. The molecule has 0 bridgehead atoms. The second-order valence-electron chi connectivity index (χ2n) is 4.46. The molecule has 0 spiro atoms. The molecule has 1 atom stereocenters. The molecule has 1 fully saturated rings. The monoisotopic (exact) mass is 265 g/mol. The Balaban J connectivity index is 1.97. The number of carbonyl (C=O) groups excluding carboxylic acids is 1. The first-order chi connectivity index (χ1) is 9.19. The number of hydrogen-bond donors (Lipinski definition) is 1. The minimum absolute atomic E-state index is 0.0244. The van der Waals surface area contributed by atoms with Crippen LogP contribution in [0.25, 0.3) is 0 Å². The molecule has 2 N–H and O–H groups in total. The first-order valence-corrected chi connectivity index (χ1v) is 6.51. The number of nitrogens with two attached hydrogens (primary N) is 1. The largest absolute Gasteiger partial charge is 0.494 e. The van der Waals surface area contributed by atoms with Gasteiger partial charge in [-0.1, -0.05) is 0 Å². The molecular formula is C14H19NO4. The fourth-order valence-corrected chi connectivity index (χ4v) is 2.02. The Morgan fingerprint density at radius 2 is 2.32 bits per heavy atom. The molecule has 1 unspecified atom stereocenters. The van der Waals surface area contributed by atoms with Gasteiger partial charge in [0, 0.05) is 18.4 Å². The highest BCUT2D eigenvalue weighted by atomic mass is 16.6. The lowest BCUT2D eigenvalue weighted by Gasteiger charge is -2.11. The van der Waals surface area contributed by atoms with Crippen LogP contribution in [0.5, 0.6) is 5.75 Å². The van der Waals surface area contributed by atoms with E-state index >= 15 is 0 Å². The topological polar surface area (TPSA) is 70.8 Å². The summed E-state index contributed by atoms with van der Waals surface area (Å²) in [6, 6.07) is 4.90. The molecule has 0 aromatic heterocycles. The predicted molar refractivity (Wildman–Crippen MR) is 71.3 cm³/mol. The quantitative estimate of drug-likeness (QED) is 0.651. The van der Waals surface area contributed by atoms with Crippen LogP contribution in [0.2, 0.25) is 0 Å². The van der Waals surface area contributed by atoms with Crippen LogP contribution in [0.4, 0.5) is 5.69 Å². The third-order valence-electron chi connectivity index (χ3n) is 2.90. The molecule has 0 aliphatic carbocycles. The maximum absolute atomic E-state index is 11.9. The first kappa shape index (κ1) is 13.7. The average Bonchev–Trinajstić information content (AvgIpc) is 2.88. The molecule has 5 nitrogen and oxygen atoms in total. The van der Waals surface area contributed by atoms with Crippen molar-refractivity contribution < 1.29 is 19.0 Å². The molecule has 1 aromatic carbocycles. The van der Waals surface area contributed by atoms with E-state index in [0.29, 0.717) is 23.6 Å². The van der Waals surface area contributed by atoms with Gasteiger partial charge in [0.25, 0.3) is 0 Å². The van der Waals surface area contributed by atoms with Gasteiger partial charge in [-0.25, -0.2) is 4.79 Å². The molecule has 2 rings (SSSR count). The zero-order valence-electron chi connectivity index (χ0n) is 11.1. The van der Waals surface area contributed by atoms with Crippen LogP contribution in [0.15, 0.2) is 18.2 Å². The Bertz CT molecular complexity index is 441. The van der Waals surface area contributed by atoms with E-state index in [9.17, 15) is 4.79 Å². The van der Waals surface area contributed by atoms with E-state index in [2.05, 4.69) is 0 Å². The molecule has 19 heavy (non-hydrogen) atoms. The van der Waals surface area contributed by atoms with Crippen molar-refractivity contribution in [2.24, 2.45) is 0 Å². The van der Waals surface area contributed by atoms with Crippen LogP contribution < -0.4 is 10.5 Å². The highest BCUT2D eigenvalue weighted by Crippen LogP contribution is 2.20. The first-order valence-electron chi connectivity index (χ1n) is 6.51. The van der Waals surface area contributed by atoms with Crippen LogP contribution in [0, 0.1) is 0 Å². The van der Waals surface area contributed by atoms with Crippen molar-refractivity contribution in [3.05, 3.63) is 23.8 Å². The summed E-state index contributed by atoms with van der Waals surface area (Å²) in [5.74, 6) is 0.176. The zero-order chi connectivity index (χ0) is 13.7. The van der Waals surface area contributed by atoms with E-state index in [1.54, 1.807) is 18.2 Å². The standard InChI is InChI=1S/C14H19NO4/c1-2-17-13-7-10(6-11(15)8-13)14(16)19-9-12-4-3-5-18-12/h6-8,12H,2-5,9,15H2,1H3. The highest BCUT2D eigenvalue weighted by Gasteiger charge is 2.18. The maximum atomic E-state index is 11.9. The normalized spacial score (nSPS) is 18.3. The van der Waals surface area contributed by atoms with Gasteiger partial charge in [0.15, 0.2) is 0 Å². The molecule has 1 saturated heterocycles. The molecule has 1 heterocycles. The summed E-state index contributed by atoms with van der Waals surface area (Å²) in [5, 5.41) is 0. The summed E-state index contributed by atoms with van der Waals surface area (Å²) >= 11 is 0. The van der Waals surface area contributed by atoms with Gasteiger partial charge in [-0.3, -0.25) is 0 Å². The summed E-state index contributed by atoms with van der Waals surface area (Å²) in [5.41, 5.74) is 6.62. The summed E-state index contributed by atoms with van der Waals surface area (Å²) in [6.45, 7) is 3.43. The number of esters is 1. The number of ether oxygens (including phenoxy) is 3. The van der Waals surface area contributed by atoms with Crippen molar-refractivity contribution in [3.8, 4) is 5.75 Å². The Kier molecular flexibility index (Phi) is 4.63. The average molecular weight is 265 g/mol. The van der Waals surface area contributed by atoms with Gasteiger partial charge < -0.3 is 19.9 Å². The summed E-state index contributed by atoms with van der Waals surface area (Å²) < 4.78 is 16.0. The number of rotatable bonds is 5. The van der Waals surface area contributed by atoms with E-state index in [0.717, 1.165) is 19.4 Å². The summed E-state index contributed by atoms with van der Waals surface area (Å²) in [4.78, 5) is 11.9. The Hall–Kier alpha value is -1.75. The van der Waals surface area contributed by atoms with Crippen LogP contribution in [0.3, 0.4) is 0 Å². The third-order valence-corrected chi connectivity index (χ3v) is 2.90. The third kappa shape index (κ3) is 3.86. The lowest BCUT2D eigenvalue weighted by molar-refractivity contribution is 0.0161. The van der Waals surface area contributed by atoms with Crippen molar-refractivity contribution in [1.82, 2.24) is 0 Å². The lowest BCUT2D eigenvalue weighted by atomic mass is 10.2. The van der Waals surface area contributed by atoms with E-state index in [-0.39, 0.29) is 12.7 Å². The van der Waals surface area contributed by atoms with E-state index in [4.69, 9.17) is 19.9 Å². The van der Waals surface area contributed by atoms with Crippen LogP contribution in [-0.4, -0.2) is 31.9 Å². The predicted octanol–water partition coefficient (Wildman–Crippen LogP) is 2.00. The van der Waals surface area contributed by atoms with Gasteiger partial charge in [0.1, 0.15) is 12.4 Å². The van der Waals surface area contributed by atoms with E-state index in [1.807, 2.05) is 6.92 Å². The Morgan fingerprint density at radius 3 is 3.00 bits per heavy atom. The molecule has 5 heteroatoms. The number of carbonyl (C=O) groups is 1. The van der Waals surface area contributed by atoms with Crippen LogP contribution >= 0.6 is 0 Å². The molecule has 0 radical (unpaired) electrons. The molecule has 104 valence electrons. The lowest BCUT2D eigenvalue weighted by Crippen LogP contribution is -2.18. The smallest absolute Gasteiger partial charge is 0.338 e. The molecular weight excluding hydrogens is 246 g/mol. The molecule has 1 aromatic rings. The van der Waals surface area contributed by atoms with Crippen molar-refractivity contribution in [1.29, 1.82) is 0 Å². The van der Waals surface area contributed by atoms with Gasteiger partial charge in [-0.05, 0) is 31.9 Å². The van der Waals surface area contributed by atoms with Crippen molar-refractivity contribution >= 4 is 11.7 Å². The number of hydrogen-bond acceptors (Lipinski definition) is 5. The molecule has 0 saturated carbocycles. The van der Waals surface area contributed by atoms with Crippen molar-refractivity contribution in [2.75, 3.05) is 25.6 Å². The summed E-state index contributed by atoms with van der Waals surface area (Å²) in [6.07, 6.45) is 1.99. The van der Waals surface area contributed by atoms with E-state index in [1.165, 1.54) is 0 Å². The fourth-order valence-electron chi connectivity index (χ4n) is 2.02. The molecule has 0 amide bonds. The van der Waals surface area contributed by atoms with Gasteiger partial charge in [-0.15, -0.1) is 0 Å². The van der Waals surface area contributed by atoms with Crippen molar-refractivity contribution in [2.45, 2.75) is 25.9 Å². The number of anilines is 1. The highest BCUT2D eigenvalue weighted by molar-refractivity contribution is 5.91. The van der Waals surface area contributed by atoms with Gasteiger partial charge in [-0.2, -0.15) is 0 Å². The van der Waals surface area contributed by atoms with Gasteiger partial charge in [0.2, 0.25) is 0 Å². The number of nitrogen functional groups attached to an aromatic ring is 1.